The second-order valence-electron chi connectivity index (χ2n) is 5.48. The molecule has 0 aliphatic rings. The Morgan fingerprint density at radius 2 is 1.88 bits per heavy atom. The smallest absolute Gasteiger partial charge is 0.240 e. The second-order valence-corrected chi connectivity index (χ2v) is 7.63. The summed E-state index contributed by atoms with van der Waals surface area (Å²) in [6.45, 7) is 1.89. The molecule has 6 nitrogen and oxygen atoms in total. The van der Waals surface area contributed by atoms with Crippen LogP contribution in [0.3, 0.4) is 0 Å². The highest BCUT2D eigenvalue weighted by atomic mass is 35.5. The van der Waals surface area contributed by atoms with E-state index in [-0.39, 0.29) is 11.4 Å². The normalized spacial score (nSPS) is 11.6. The van der Waals surface area contributed by atoms with Crippen LogP contribution in [0.4, 0.5) is 0 Å². The monoisotopic (exact) mass is 376 g/mol. The Labute approximate surface area is 151 Å². The van der Waals surface area contributed by atoms with E-state index in [1.165, 1.54) is 6.07 Å². The number of rotatable bonds is 6. The fourth-order valence-corrected chi connectivity index (χ4v) is 3.91. The Kier molecular flexibility index (Phi) is 5.17. The van der Waals surface area contributed by atoms with Crippen molar-refractivity contribution in [3.05, 3.63) is 64.9 Å². The molecule has 1 aromatic heterocycles. The summed E-state index contributed by atoms with van der Waals surface area (Å²) in [6.07, 6.45) is 0.401. The molecule has 3 rings (SSSR count). The van der Waals surface area contributed by atoms with Gasteiger partial charge < -0.3 is 0 Å². The van der Waals surface area contributed by atoms with Crippen molar-refractivity contribution >= 4 is 21.6 Å². The largest absolute Gasteiger partial charge is 0.263 e. The quantitative estimate of drug-likeness (QED) is 0.692. The summed E-state index contributed by atoms with van der Waals surface area (Å²) in [7, 11) is -3.63. The Morgan fingerprint density at radius 3 is 2.64 bits per heavy atom. The van der Waals surface area contributed by atoms with Gasteiger partial charge in [-0.3, -0.25) is 5.10 Å². The van der Waals surface area contributed by atoms with Gasteiger partial charge in [-0.25, -0.2) is 18.1 Å². The average molecular weight is 377 g/mol. The van der Waals surface area contributed by atoms with Crippen molar-refractivity contribution < 1.29 is 8.42 Å². The van der Waals surface area contributed by atoms with Crippen LogP contribution in [-0.2, 0) is 16.4 Å². The fourth-order valence-electron chi connectivity index (χ4n) is 2.38. The number of aromatic nitrogens is 3. The summed E-state index contributed by atoms with van der Waals surface area (Å²) >= 11 is 6.00. The summed E-state index contributed by atoms with van der Waals surface area (Å²) in [4.78, 5) is 4.56. The van der Waals surface area contributed by atoms with Crippen molar-refractivity contribution in [2.45, 2.75) is 18.2 Å². The Balaban J connectivity index is 1.65. The molecule has 0 amide bonds. The van der Waals surface area contributed by atoms with Crippen molar-refractivity contribution in [2.24, 2.45) is 0 Å². The van der Waals surface area contributed by atoms with Crippen LogP contribution < -0.4 is 4.72 Å². The fraction of sp³-hybridized carbons (Fsp3) is 0.176. The zero-order chi connectivity index (χ0) is 17.9. The standard InChI is InChI=1S/C17H17ClN4O2S/c1-12-14(18)8-5-9-15(12)25(23,24)19-11-10-16-20-17(22-21-16)13-6-3-2-4-7-13/h2-9,19H,10-11H2,1H3,(H,20,21,22). The SMILES string of the molecule is Cc1c(Cl)cccc1S(=O)(=O)NCCc1nc(-c2ccccc2)n[nH]1. The third-order valence-electron chi connectivity index (χ3n) is 3.73. The van der Waals surface area contributed by atoms with E-state index >= 15 is 0 Å². The van der Waals surface area contributed by atoms with Gasteiger partial charge in [-0.1, -0.05) is 48.0 Å². The molecule has 2 N–H and O–H groups in total. The number of benzene rings is 2. The predicted molar refractivity (Wildman–Crippen MR) is 96.9 cm³/mol. The molecule has 0 saturated carbocycles. The maximum Gasteiger partial charge on any atom is 0.240 e. The van der Waals surface area contributed by atoms with E-state index in [2.05, 4.69) is 19.9 Å². The highest BCUT2D eigenvalue weighted by Crippen LogP contribution is 2.22. The zero-order valence-electron chi connectivity index (χ0n) is 13.5. The lowest BCUT2D eigenvalue weighted by Crippen LogP contribution is -2.27. The van der Waals surface area contributed by atoms with Crippen LogP contribution in [0.1, 0.15) is 11.4 Å². The van der Waals surface area contributed by atoms with Crippen molar-refractivity contribution in [3.8, 4) is 11.4 Å². The third-order valence-corrected chi connectivity index (χ3v) is 5.74. The van der Waals surface area contributed by atoms with E-state index in [4.69, 9.17) is 11.6 Å². The predicted octanol–water partition coefficient (Wildman–Crippen LogP) is 2.95. The van der Waals surface area contributed by atoms with Crippen molar-refractivity contribution in [1.29, 1.82) is 0 Å². The molecular formula is C17H17ClN4O2S. The molecule has 1 heterocycles. The number of nitrogens with one attached hydrogen (secondary N) is 2. The number of hydrogen-bond acceptors (Lipinski definition) is 4. The van der Waals surface area contributed by atoms with E-state index in [0.717, 1.165) is 5.56 Å². The van der Waals surface area contributed by atoms with Gasteiger partial charge in [0.25, 0.3) is 0 Å². The number of H-pyrrole nitrogens is 1. The van der Waals surface area contributed by atoms with E-state index in [1.807, 2.05) is 30.3 Å². The van der Waals surface area contributed by atoms with Crippen LogP contribution in [0.2, 0.25) is 5.02 Å². The van der Waals surface area contributed by atoms with Crippen molar-refractivity contribution in [2.75, 3.05) is 6.54 Å². The number of halogens is 1. The summed E-state index contributed by atoms with van der Waals surface area (Å²) in [6, 6.07) is 14.4. The first-order valence-corrected chi connectivity index (χ1v) is 9.55. The van der Waals surface area contributed by atoms with E-state index in [9.17, 15) is 8.42 Å². The molecule has 0 spiro atoms. The van der Waals surface area contributed by atoms with Gasteiger partial charge in [-0.05, 0) is 24.6 Å². The van der Waals surface area contributed by atoms with Gasteiger partial charge in [0.05, 0.1) is 4.90 Å². The van der Waals surface area contributed by atoms with Crippen LogP contribution in [0.25, 0.3) is 11.4 Å². The summed E-state index contributed by atoms with van der Waals surface area (Å²) < 4.78 is 27.4. The minimum absolute atomic E-state index is 0.183. The van der Waals surface area contributed by atoms with Crippen LogP contribution in [-0.4, -0.2) is 30.1 Å². The molecule has 8 heteroatoms. The number of aromatic amines is 1. The van der Waals surface area contributed by atoms with E-state index < -0.39 is 10.0 Å². The molecule has 0 aliphatic heterocycles. The molecule has 0 unspecified atom stereocenters. The molecule has 0 fully saturated rings. The minimum Gasteiger partial charge on any atom is -0.263 e. The minimum atomic E-state index is -3.63. The van der Waals surface area contributed by atoms with Gasteiger partial charge in [0.2, 0.25) is 10.0 Å². The Morgan fingerprint density at radius 1 is 1.12 bits per heavy atom. The topological polar surface area (TPSA) is 87.7 Å². The molecular weight excluding hydrogens is 360 g/mol. The summed E-state index contributed by atoms with van der Waals surface area (Å²) in [5, 5.41) is 7.41. The first-order chi connectivity index (χ1) is 12.0. The lowest BCUT2D eigenvalue weighted by molar-refractivity contribution is 0.580. The first kappa shape index (κ1) is 17.6. The van der Waals surface area contributed by atoms with Gasteiger partial charge in [0.1, 0.15) is 5.82 Å². The maximum absolute atomic E-state index is 12.4. The molecule has 0 saturated heterocycles. The Hall–Kier alpha value is -2.22. The second kappa shape index (κ2) is 7.35. The molecule has 3 aromatic rings. The van der Waals surface area contributed by atoms with Crippen LogP contribution in [0, 0.1) is 6.92 Å². The van der Waals surface area contributed by atoms with Gasteiger partial charge in [-0.2, -0.15) is 5.10 Å². The van der Waals surface area contributed by atoms with Gasteiger partial charge in [-0.15, -0.1) is 0 Å². The van der Waals surface area contributed by atoms with Crippen LogP contribution >= 0.6 is 11.6 Å². The summed E-state index contributed by atoms with van der Waals surface area (Å²) in [5.41, 5.74) is 1.43. The van der Waals surface area contributed by atoms with Gasteiger partial charge in [0, 0.05) is 23.6 Å². The maximum atomic E-state index is 12.4. The molecule has 0 atom stereocenters. The molecule has 0 bridgehead atoms. The van der Waals surface area contributed by atoms with Crippen LogP contribution in [0.5, 0.6) is 0 Å². The van der Waals surface area contributed by atoms with Gasteiger partial charge in [0.15, 0.2) is 5.82 Å². The molecule has 2 aromatic carbocycles. The highest BCUT2D eigenvalue weighted by molar-refractivity contribution is 7.89. The Bertz CT molecular complexity index is 971. The zero-order valence-corrected chi connectivity index (χ0v) is 15.1. The van der Waals surface area contributed by atoms with E-state index in [0.29, 0.717) is 28.7 Å². The molecule has 25 heavy (non-hydrogen) atoms. The number of sulfonamides is 1. The first-order valence-electron chi connectivity index (χ1n) is 7.69. The lowest BCUT2D eigenvalue weighted by atomic mass is 10.2. The van der Waals surface area contributed by atoms with E-state index in [1.54, 1.807) is 19.1 Å². The number of hydrogen-bond donors (Lipinski definition) is 2. The third kappa shape index (κ3) is 4.07. The lowest BCUT2D eigenvalue weighted by Gasteiger charge is -2.09. The van der Waals surface area contributed by atoms with Crippen LogP contribution in [0.15, 0.2) is 53.4 Å². The van der Waals surface area contributed by atoms with Crippen molar-refractivity contribution in [1.82, 2.24) is 19.9 Å². The summed E-state index contributed by atoms with van der Waals surface area (Å²) in [5.74, 6) is 1.20. The molecule has 0 radical (unpaired) electrons. The molecule has 0 aliphatic carbocycles. The highest BCUT2D eigenvalue weighted by Gasteiger charge is 2.17. The average Bonchev–Trinajstić information content (AvgIpc) is 3.07. The number of nitrogens with zero attached hydrogens (tertiary/aromatic N) is 2. The molecule has 130 valence electrons. The van der Waals surface area contributed by atoms with Gasteiger partial charge >= 0.3 is 0 Å². The van der Waals surface area contributed by atoms with Crippen molar-refractivity contribution in [3.63, 3.8) is 0 Å².